The zero-order valence-electron chi connectivity index (χ0n) is 8.59. The summed E-state index contributed by atoms with van der Waals surface area (Å²) >= 11 is 0. The van der Waals surface area contributed by atoms with Gasteiger partial charge in [-0.1, -0.05) is 0 Å². The Morgan fingerprint density at radius 1 is 1.53 bits per heavy atom. The number of hydrogen-bond acceptors (Lipinski definition) is 3. The minimum absolute atomic E-state index is 0.246. The summed E-state index contributed by atoms with van der Waals surface area (Å²) in [6, 6.07) is 4.52. The third kappa shape index (κ3) is 2.26. The van der Waals surface area contributed by atoms with Gasteiger partial charge in [0.25, 0.3) is 0 Å². The normalized spacial score (nSPS) is 14.7. The fourth-order valence-corrected chi connectivity index (χ4v) is 1.63. The van der Waals surface area contributed by atoms with Crippen LogP contribution >= 0.6 is 0 Å². The number of halogens is 1. The highest BCUT2D eigenvalue weighted by Crippen LogP contribution is 2.20. The second kappa shape index (κ2) is 4.29. The average Bonchev–Trinajstić information content (AvgIpc) is 2.71. The molecule has 1 aliphatic heterocycles. The van der Waals surface area contributed by atoms with Gasteiger partial charge in [0.1, 0.15) is 17.4 Å². The highest BCUT2D eigenvalue weighted by atomic mass is 19.1. The molecule has 0 spiro atoms. The van der Waals surface area contributed by atoms with Gasteiger partial charge in [-0.2, -0.15) is 0 Å². The van der Waals surface area contributed by atoms with Crippen molar-refractivity contribution in [3.05, 3.63) is 29.6 Å². The van der Waals surface area contributed by atoms with Gasteiger partial charge < -0.3 is 10.1 Å². The lowest BCUT2D eigenvalue weighted by molar-refractivity contribution is 0.409. The van der Waals surface area contributed by atoms with Gasteiger partial charge in [-0.15, -0.1) is 0 Å². The lowest BCUT2D eigenvalue weighted by Crippen LogP contribution is -2.20. The molecule has 4 heteroatoms. The maximum atomic E-state index is 13.0. The molecule has 0 saturated heterocycles. The monoisotopic (exact) mass is 208 g/mol. The summed E-state index contributed by atoms with van der Waals surface area (Å²) < 4.78 is 18.2. The first kappa shape index (κ1) is 9.96. The Bertz CT molecular complexity index is 390. The topological polar surface area (TPSA) is 33.6 Å². The molecule has 0 amide bonds. The maximum absolute atomic E-state index is 13.0. The Kier molecular flexibility index (Phi) is 2.85. The molecule has 0 radical (unpaired) electrons. The van der Waals surface area contributed by atoms with Crippen LogP contribution in [-0.2, 0) is 6.42 Å². The lowest BCUT2D eigenvalue weighted by Gasteiger charge is -2.08. The van der Waals surface area contributed by atoms with Crippen LogP contribution in [-0.4, -0.2) is 26.0 Å². The Hall–Kier alpha value is -1.58. The molecule has 0 fully saturated rings. The van der Waals surface area contributed by atoms with Crippen molar-refractivity contribution in [2.75, 3.05) is 20.2 Å². The van der Waals surface area contributed by atoms with Crippen LogP contribution in [0, 0.1) is 5.82 Å². The highest BCUT2D eigenvalue weighted by Gasteiger charge is 2.10. The van der Waals surface area contributed by atoms with Crippen LogP contribution in [0.2, 0.25) is 0 Å². The maximum Gasteiger partial charge on any atom is 0.123 e. The van der Waals surface area contributed by atoms with E-state index in [0.29, 0.717) is 12.2 Å². The van der Waals surface area contributed by atoms with Crippen molar-refractivity contribution in [2.24, 2.45) is 4.99 Å². The Morgan fingerprint density at radius 3 is 3.07 bits per heavy atom. The van der Waals surface area contributed by atoms with Gasteiger partial charge in [0, 0.05) is 18.5 Å². The minimum atomic E-state index is -0.246. The zero-order valence-corrected chi connectivity index (χ0v) is 8.59. The Morgan fingerprint density at radius 2 is 2.40 bits per heavy atom. The molecule has 2 rings (SSSR count). The highest BCUT2D eigenvalue weighted by molar-refractivity contribution is 5.86. The van der Waals surface area contributed by atoms with Crippen LogP contribution in [0.5, 0.6) is 5.75 Å². The fourth-order valence-electron chi connectivity index (χ4n) is 1.63. The molecule has 1 N–H and O–H groups in total. The van der Waals surface area contributed by atoms with Crippen LogP contribution in [0.4, 0.5) is 4.39 Å². The minimum Gasteiger partial charge on any atom is -0.496 e. The summed E-state index contributed by atoms with van der Waals surface area (Å²) in [5.74, 6) is 1.36. The predicted octanol–water partition coefficient (Wildman–Crippen LogP) is 1.38. The van der Waals surface area contributed by atoms with Gasteiger partial charge in [-0.05, 0) is 18.2 Å². The number of nitrogens with zero attached hydrogens (tertiary/aromatic N) is 1. The zero-order chi connectivity index (χ0) is 10.7. The Labute approximate surface area is 88.0 Å². The summed E-state index contributed by atoms with van der Waals surface area (Å²) in [5.41, 5.74) is 0.825. The van der Waals surface area contributed by atoms with Crippen molar-refractivity contribution in [3.63, 3.8) is 0 Å². The van der Waals surface area contributed by atoms with Crippen molar-refractivity contribution < 1.29 is 9.13 Å². The molecule has 0 aliphatic carbocycles. The summed E-state index contributed by atoms with van der Waals surface area (Å²) in [5, 5.41) is 3.15. The van der Waals surface area contributed by atoms with Gasteiger partial charge in [0.05, 0.1) is 13.7 Å². The van der Waals surface area contributed by atoms with Crippen LogP contribution in [0.3, 0.4) is 0 Å². The number of ether oxygens (including phenoxy) is 1. The van der Waals surface area contributed by atoms with E-state index in [4.69, 9.17) is 4.74 Å². The van der Waals surface area contributed by atoms with Crippen LogP contribution in [0.1, 0.15) is 5.56 Å². The van der Waals surface area contributed by atoms with E-state index in [1.807, 2.05) is 0 Å². The van der Waals surface area contributed by atoms with Crippen molar-refractivity contribution in [1.82, 2.24) is 5.32 Å². The van der Waals surface area contributed by atoms with Crippen molar-refractivity contribution >= 4 is 5.84 Å². The van der Waals surface area contributed by atoms with E-state index in [-0.39, 0.29) is 5.82 Å². The van der Waals surface area contributed by atoms with Crippen molar-refractivity contribution in [1.29, 1.82) is 0 Å². The molecular weight excluding hydrogens is 195 g/mol. The summed E-state index contributed by atoms with van der Waals surface area (Å²) in [4.78, 5) is 4.26. The Balaban J connectivity index is 2.21. The summed E-state index contributed by atoms with van der Waals surface area (Å²) in [6.07, 6.45) is 0.598. The summed E-state index contributed by atoms with van der Waals surface area (Å²) in [6.45, 7) is 1.67. The van der Waals surface area contributed by atoms with E-state index in [0.717, 1.165) is 24.5 Å². The van der Waals surface area contributed by atoms with Gasteiger partial charge in [-0.25, -0.2) is 4.39 Å². The molecule has 0 aromatic heterocycles. The molecule has 1 aliphatic rings. The molecule has 0 atom stereocenters. The van der Waals surface area contributed by atoms with Crippen molar-refractivity contribution in [2.45, 2.75) is 6.42 Å². The predicted molar refractivity (Wildman–Crippen MR) is 57.0 cm³/mol. The fraction of sp³-hybridized carbons (Fsp3) is 0.364. The number of aliphatic imine (C=N–C) groups is 1. The number of rotatable bonds is 3. The molecule has 0 bridgehead atoms. The SMILES string of the molecule is COc1ccc(F)cc1CC1=NCCN1. The smallest absolute Gasteiger partial charge is 0.123 e. The lowest BCUT2D eigenvalue weighted by atomic mass is 10.1. The number of amidine groups is 1. The van der Waals surface area contributed by atoms with Crippen molar-refractivity contribution in [3.8, 4) is 5.75 Å². The standard InChI is InChI=1S/C11H13FN2O/c1-15-10-3-2-9(12)6-8(10)7-11-13-4-5-14-11/h2-3,6H,4-5,7H2,1H3,(H,13,14). The average molecular weight is 208 g/mol. The molecule has 3 nitrogen and oxygen atoms in total. The van der Waals surface area contributed by atoms with E-state index in [2.05, 4.69) is 10.3 Å². The first-order valence-electron chi connectivity index (χ1n) is 4.89. The molecule has 0 unspecified atom stereocenters. The van der Waals surface area contributed by atoms with E-state index >= 15 is 0 Å². The largest absolute Gasteiger partial charge is 0.496 e. The molecule has 1 heterocycles. The van der Waals surface area contributed by atoms with Gasteiger partial charge >= 0.3 is 0 Å². The molecule has 80 valence electrons. The third-order valence-electron chi connectivity index (χ3n) is 2.34. The third-order valence-corrected chi connectivity index (χ3v) is 2.34. The molecule has 1 aromatic carbocycles. The van der Waals surface area contributed by atoms with E-state index in [1.165, 1.54) is 12.1 Å². The molecule has 1 aromatic rings. The molecular formula is C11H13FN2O. The molecule has 15 heavy (non-hydrogen) atoms. The van der Waals surface area contributed by atoms with Crippen LogP contribution in [0.15, 0.2) is 23.2 Å². The number of hydrogen-bond donors (Lipinski definition) is 1. The second-order valence-corrected chi connectivity index (χ2v) is 3.39. The van der Waals surface area contributed by atoms with Crippen LogP contribution in [0.25, 0.3) is 0 Å². The first-order chi connectivity index (χ1) is 7.29. The number of methoxy groups -OCH3 is 1. The van der Waals surface area contributed by atoms with E-state index < -0.39 is 0 Å². The first-order valence-corrected chi connectivity index (χ1v) is 4.89. The van der Waals surface area contributed by atoms with Gasteiger partial charge in [0.2, 0.25) is 0 Å². The van der Waals surface area contributed by atoms with Gasteiger partial charge in [0.15, 0.2) is 0 Å². The quantitative estimate of drug-likeness (QED) is 0.814. The summed E-state index contributed by atoms with van der Waals surface area (Å²) in [7, 11) is 1.58. The van der Waals surface area contributed by atoms with E-state index in [1.54, 1.807) is 13.2 Å². The number of benzene rings is 1. The van der Waals surface area contributed by atoms with Crippen LogP contribution < -0.4 is 10.1 Å². The second-order valence-electron chi connectivity index (χ2n) is 3.39. The van der Waals surface area contributed by atoms with Gasteiger partial charge in [-0.3, -0.25) is 4.99 Å². The van der Waals surface area contributed by atoms with E-state index in [9.17, 15) is 4.39 Å². The number of nitrogens with one attached hydrogen (secondary N) is 1. The molecule has 0 saturated carbocycles.